The van der Waals surface area contributed by atoms with Gasteiger partial charge in [-0.25, -0.2) is 0 Å². The zero-order valence-corrected chi connectivity index (χ0v) is 12.5. The average Bonchev–Trinajstić information content (AvgIpc) is 2.46. The zero-order valence-electron chi connectivity index (χ0n) is 10.9. The minimum Gasteiger partial charge on any atom is -0.493 e. The van der Waals surface area contributed by atoms with Gasteiger partial charge in [0.25, 0.3) is 0 Å². The number of hydrogen-bond donors (Lipinski definition) is 0. The van der Waals surface area contributed by atoms with Crippen LogP contribution in [-0.2, 0) is 0 Å². The molecular weight excluding hydrogens is 310 g/mol. The van der Waals surface area contributed by atoms with Crippen LogP contribution >= 0.6 is 15.9 Å². The van der Waals surface area contributed by atoms with Crippen molar-refractivity contribution in [1.82, 2.24) is 4.98 Å². The first kappa shape index (κ1) is 13.7. The van der Waals surface area contributed by atoms with Gasteiger partial charge in [0.15, 0.2) is 11.5 Å². The lowest BCUT2D eigenvalue weighted by atomic mass is 10.1. The van der Waals surface area contributed by atoms with E-state index in [4.69, 9.17) is 14.2 Å². The van der Waals surface area contributed by atoms with Gasteiger partial charge < -0.3 is 14.2 Å². The summed E-state index contributed by atoms with van der Waals surface area (Å²) >= 11 is 3.49. The molecule has 19 heavy (non-hydrogen) atoms. The fourth-order valence-electron chi connectivity index (χ4n) is 1.82. The maximum atomic E-state index is 5.33. The second-order valence-electron chi connectivity index (χ2n) is 3.75. The summed E-state index contributed by atoms with van der Waals surface area (Å²) in [6, 6.07) is 7.54. The quantitative estimate of drug-likeness (QED) is 0.863. The molecule has 100 valence electrons. The molecule has 1 aromatic carbocycles. The molecule has 2 aromatic rings. The van der Waals surface area contributed by atoms with E-state index >= 15 is 0 Å². The summed E-state index contributed by atoms with van der Waals surface area (Å²) in [4.78, 5) is 4.36. The molecule has 0 aliphatic carbocycles. The third-order valence-corrected chi connectivity index (χ3v) is 3.34. The van der Waals surface area contributed by atoms with Gasteiger partial charge in [0, 0.05) is 16.2 Å². The first-order chi connectivity index (χ1) is 9.21. The summed E-state index contributed by atoms with van der Waals surface area (Å²) in [5.41, 5.74) is 1.71. The summed E-state index contributed by atoms with van der Waals surface area (Å²) < 4.78 is 16.9. The second-order valence-corrected chi connectivity index (χ2v) is 4.60. The molecule has 4 nitrogen and oxygen atoms in total. The maximum Gasteiger partial charge on any atom is 0.203 e. The third kappa shape index (κ3) is 2.66. The Morgan fingerprint density at radius 3 is 2.11 bits per heavy atom. The smallest absolute Gasteiger partial charge is 0.203 e. The topological polar surface area (TPSA) is 40.6 Å². The standard InChI is InChI=1S/C14H14BrNO3/c1-17-11-7-9(8-12(18-2)14(11)19-3)13-10(15)5-4-6-16-13/h4-8H,1-3H3. The predicted molar refractivity (Wildman–Crippen MR) is 77.0 cm³/mol. The molecule has 0 atom stereocenters. The van der Waals surface area contributed by atoms with Crippen LogP contribution in [0.25, 0.3) is 11.3 Å². The van der Waals surface area contributed by atoms with E-state index in [-0.39, 0.29) is 0 Å². The van der Waals surface area contributed by atoms with Crippen molar-refractivity contribution in [3.63, 3.8) is 0 Å². The molecule has 5 heteroatoms. The first-order valence-corrected chi connectivity index (χ1v) is 6.41. The van der Waals surface area contributed by atoms with Crippen LogP contribution in [0.15, 0.2) is 34.9 Å². The highest BCUT2D eigenvalue weighted by Crippen LogP contribution is 2.41. The van der Waals surface area contributed by atoms with E-state index in [1.54, 1.807) is 27.5 Å². The number of methoxy groups -OCH3 is 3. The van der Waals surface area contributed by atoms with Gasteiger partial charge in [0.2, 0.25) is 5.75 Å². The van der Waals surface area contributed by atoms with Gasteiger partial charge >= 0.3 is 0 Å². The van der Waals surface area contributed by atoms with E-state index in [9.17, 15) is 0 Å². The lowest BCUT2D eigenvalue weighted by Gasteiger charge is -2.14. The fraction of sp³-hybridized carbons (Fsp3) is 0.214. The predicted octanol–water partition coefficient (Wildman–Crippen LogP) is 3.54. The Labute approximate surface area is 120 Å². The molecule has 2 rings (SSSR count). The van der Waals surface area contributed by atoms with Gasteiger partial charge in [-0.05, 0) is 40.2 Å². The van der Waals surface area contributed by atoms with Crippen molar-refractivity contribution in [2.45, 2.75) is 0 Å². The molecule has 0 spiro atoms. The van der Waals surface area contributed by atoms with Crippen molar-refractivity contribution in [2.24, 2.45) is 0 Å². The zero-order chi connectivity index (χ0) is 13.8. The van der Waals surface area contributed by atoms with Crippen molar-refractivity contribution < 1.29 is 14.2 Å². The SMILES string of the molecule is COc1cc(-c2ncccc2Br)cc(OC)c1OC. The largest absolute Gasteiger partial charge is 0.493 e. The van der Waals surface area contributed by atoms with Crippen LogP contribution in [0, 0.1) is 0 Å². The fourth-order valence-corrected chi connectivity index (χ4v) is 2.30. The molecule has 0 aliphatic rings. The molecule has 0 saturated heterocycles. The lowest BCUT2D eigenvalue weighted by molar-refractivity contribution is 0.324. The van der Waals surface area contributed by atoms with Crippen LogP contribution in [0.2, 0.25) is 0 Å². The van der Waals surface area contributed by atoms with Crippen LogP contribution in [0.3, 0.4) is 0 Å². The van der Waals surface area contributed by atoms with E-state index in [2.05, 4.69) is 20.9 Å². The summed E-state index contributed by atoms with van der Waals surface area (Å²) in [5.74, 6) is 1.78. The van der Waals surface area contributed by atoms with E-state index in [1.807, 2.05) is 24.3 Å². The van der Waals surface area contributed by atoms with Gasteiger partial charge in [-0.3, -0.25) is 4.98 Å². The maximum absolute atomic E-state index is 5.33. The van der Waals surface area contributed by atoms with Crippen molar-refractivity contribution in [1.29, 1.82) is 0 Å². The molecule has 0 amide bonds. The lowest BCUT2D eigenvalue weighted by Crippen LogP contribution is -1.96. The van der Waals surface area contributed by atoms with Crippen LogP contribution in [-0.4, -0.2) is 26.3 Å². The summed E-state index contributed by atoms with van der Waals surface area (Å²) in [7, 11) is 4.76. The van der Waals surface area contributed by atoms with Crippen molar-refractivity contribution in [2.75, 3.05) is 21.3 Å². The highest BCUT2D eigenvalue weighted by molar-refractivity contribution is 9.10. The molecule has 1 aromatic heterocycles. The van der Waals surface area contributed by atoms with E-state index in [0.717, 1.165) is 15.7 Å². The number of rotatable bonds is 4. The summed E-state index contributed by atoms with van der Waals surface area (Å²) in [6.45, 7) is 0. The van der Waals surface area contributed by atoms with Crippen molar-refractivity contribution >= 4 is 15.9 Å². The number of nitrogens with zero attached hydrogens (tertiary/aromatic N) is 1. The van der Waals surface area contributed by atoms with Crippen molar-refractivity contribution in [3.8, 4) is 28.5 Å². The Morgan fingerprint density at radius 1 is 1.00 bits per heavy atom. The van der Waals surface area contributed by atoms with E-state index in [1.165, 1.54) is 0 Å². The average molecular weight is 324 g/mol. The van der Waals surface area contributed by atoms with Crippen LogP contribution in [0.1, 0.15) is 0 Å². The Bertz CT molecular complexity index is 562. The molecule has 0 unspecified atom stereocenters. The second kappa shape index (κ2) is 5.93. The van der Waals surface area contributed by atoms with Gasteiger partial charge in [0.05, 0.1) is 27.0 Å². The molecule has 1 heterocycles. The number of hydrogen-bond acceptors (Lipinski definition) is 4. The Morgan fingerprint density at radius 2 is 1.63 bits per heavy atom. The van der Waals surface area contributed by atoms with Gasteiger partial charge in [-0.2, -0.15) is 0 Å². The monoisotopic (exact) mass is 323 g/mol. The minimum atomic E-state index is 0.570. The van der Waals surface area contributed by atoms with E-state index < -0.39 is 0 Å². The Kier molecular flexibility index (Phi) is 4.27. The van der Waals surface area contributed by atoms with Crippen LogP contribution in [0.4, 0.5) is 0 Å². The van der Waals surface area contributed by atoms with Gasteiger partial charge in [-0.1, -0.05) is 0 Å². The Balaban J connectivity index is 2.63. The molecule has 0 radical (unpaired) electrons. The summed E-state index contributed by atoms with van der Waals surface area (Å²) in [5, 5.41) is 0. The minimum absolute atomic E-state index is 0.570. The van der Waals surface area contributed by atoms with Crippen LogP contribution < -0.4 is 14.2 Å². The van der Waals surface area contributed by atoms with Crippen molar-refractivity contribution in [3.05, 3.63) is 34.9 Å². The summed E-state index contributed by atoms with van der Waals surface area (Å²) in [6.07, 6.45) is 1.74. The molecule has 0 bridgehead atoms. The van der Waals surface area contributed by atoms with Crippen LogP contribution in [0.5, 0.6) is 17.2 Å². The number of aromatic nitrogens is 1. The Hall–Kier alpha value is -1.75. The molecule has 0 aliphatic heterocycles. The molecule has 0 saturated carbocycles. The number of ether oxygens (including phenoxy) is 3. The highest BCUT2D eigenvalue weighted by atomic mass is 79.9. The van der Waals surface area contributed by atoms with E-state index in [0.29, 0.717) is 17.2 Å². The number of halogens is 1. The van der Waals surface area contributed by atoms with Gasteiger partial charge in [-0.15, -0.1) is 0 Å². The number of pyridine rings is 1. The first-order valence-electron chi connectivity index (χ1n) is 5.62. The normalized spacial score (nSPS) is 10.1. The molecule has 0 N–H and O–H groups in total. The highest BCUT2D eigenvalue weighted by Gasteiger charge is 2.15. The number of benzene rings is 1. The third-order valence-electron chi connectivity index (χ3n) is 2.70. The molecule has 0 fully saturated rings. The molecular formula is C14H14BrNO3. The van der Waals surface area contributed by atoms with Gasteiger partial charge in [0.1, 0.15) is 0 Å².